The zero-order chi connectivity index (χ0) is 16.9. The number of anilines is 2. The molecule has 6 nitrogen and oxygen atoms in total. The highest BCUT2D eigenvalue weighted by Gasteiger charge is 2.17. The predicted molar refractivity (Wildman–Crippen MR) is 90.1 cm³/mol. The zero-order valence-electron chi connectivity index (χ0n) is 13.9. The molecule has 2 rings (SSSR count). The Morgan fingerprint density at radius 3 is 2.65 bits per heavy atom. The molecule has 0 atom stereocenters. The number of nitrogens with one attached hydrogen (secondary N) is 2. The van der Waals surface area contributed by atoms with E-state index in [0.29, 0.717) is 18.1 Å². The molecule has 0 aliphatic rings. The van der Waals surface area contributed by atoms with E-state index >= 15 is 0 Å². The molecule has 0 spiro atoms. The minimum Gasteiger partial charge on any atom is -0.492 e. The molecule has 2 aromatic rings. The van der Waals surface area contributed by atoms with Gasteiger partial charge in [0.15, 0.2) is 0 Å². The molecule has 0 saturated heterocycles. The molecule has 1 aromatic carbocycles. The summed E-state index contributed by atoms with van der Waals surface area (Å²) in [5.74, 6) is 1.03. The maximum absolute atomic E-state index is 12.2. The van der Waals surface area contributed by atoms with Gasteiger partial charge in [-0.3, -0.25) is 4.79 Å². The first-order valence-corrected chi connectivity index (χ1v) is 7.52. The van der Waals surface area contributed by atoms with Gasteiger partial charge in [-0.05, 0) is 39.8 Å². The topological polar surface area (TPSA) is 76.1 Å². The van der Waals surface area contributed by atoms with Crippen LogP contribution in [-0.4, -0.2) is 28.0 Å². The van der Waals surface area contributed by atoms with Crippen LogP contribution in [0.1, 0.15) is 38.2 Å². The van der Waals surface area contributed by atoms with E-state index in [4.69, 9.17) is 4.74 Å². The van der Waals surface area contributed by atoms with Crippen molar-refractivity contribution in [2.75, 3.05) is 11.9 Å². The van der Waals surface area contributed by atoms with Gasteiger partial charge in [0.1, 0.15) is 23.6 Å². The number of rotatable bonds is 5. The van der Waals surface area contributed by atoms with Gasteiger partial charge < -0.3 is 15.4 Å². The first kappa shape index (κ1) is 16.7. The van der Waals surface area contributed by atoms with Crippen LogP contribution in [-0.2, 0) is 0 Å². The number of ether oxygens (including phenoxy) is 1. The van der Waals surface area contributed by atoms with Gasteiger partial charge in [0.25, 0.3) is 5.91 Å². The molecule has 1 heterocycles. The quantitative estimate of drug-likeness (QED) is 0.886. The predicted octanol–water partition coefficient (Wildman–Crippen LogP) is 3.15. The largest absolute Gasteiger partial charge is 0.492 e. The fourth-order valence-electron chi connectivity index (χ4n) is 1.94. The molecular weight excluding hydrogens is 292 g/mol. The first-order valence-electron chi connectivity index (χ1n) is 7.52. The SMILES string of the molecule is CCOc1ccccc1Nc1cc(C(=O)NC(C)(C)C)ncn1. The van der Waals surface area contributed by atoms with E-state index in [1.54, 1.807) is 6.07 Å². The van der Waals surface area contributed by atoms with Crippen LogP contribution in [0.15, 0.2) is 36.7 Å². The Balaban J connectivity index is 2.19. The minimum absolute atomic E-state index is 0.235. The normalized spacial score (nSPS) is 11.0. The number of amides is 1. The van der Waals surface area contributed by atoms with Gasteiger partial charge in [-0.2, -0.15) is 0 Å². The number of para-hydroxylation sites is 2. The lowest BCUT2D eigenvalue weighted by atomic mass is 10.1. The van der Waals surface area contributed by atoms with Gasteiger partial charge in [0.2, 0.25) is 0 Å². The van der Waals surface area contributed by atoms with Crippen molar-refractivity contribution in [3.05, 3.63) is 42.4 Å². The second kappa shape index (κ2) is 7.09. The maximum atomic E-state index is 12.2. The van der Waals surface area contributed by atoms with E-state index in [9.17, 15) is 4.79 Å². The summed E-state index contributed by atoms with van der Waals surface area (Å²) in [7, 11) is 0. The molecule has 0 fully saturated rings. The van der Waals surface area contributed by atoms with Gasteiger partial charge >= 0.3 is 0 Å². The van der Waals surface area contributed by atoms with Crippen LogP contribution in [0, 0.1) is 0 Å². The minimum atomic E-state index is -0.322. The highest BCUT2D eigenvalue weighted by Crippen LogP contribution is 2.26. The Hall–Kier alpha value is -2.63. The fourth-order valence-corrected chi connectivity index (χ4v) is 1.94. The van der Waals surface area contributed by atoms with Crippen molar-refractivity contribution in [2.45, 2.75) is 33.2 Å². The van der Waals surface area contributed by atoms with Gasteiger partial charge in [-0.1, -0.05) is 12.1 Å². The van der Waals surface area contributed by atoms with E-state index in [1.807, 2.05) is 52.0 Å². The van der Waals surface area contributed by atoms with Gasteiger partial charge in [0, 0.05) is 11.6 Å². The third kappa shape index (κ3) is 4.95. The van der Waals surface area contributed by atoms with Crippen molar-refractivity contribution in [3.63, 3.8) is 0 Å². The van der Waals surface area contributed by atoms with Gasteiger partial charge in [-0.25, -0.2) is 9.97 Å². The van der Waals surface area contributed by atoms with E-state index in [-0.39, 0.29) is 11.4 Å². The Labute approximate surface area is 136 Å². The standard InChI is InChI=1S/C17H22N4O2/c1-5-23-14-9-7-6-8-12(14)20-15-10-13(18-11-19-15)16(22)21-17(2,3)4/h6-11H,5H2,1-4H3,(H,21,22)(H,18,19,20). The maximum Gasteiger partial charge on any atom is 0.270 e. The number of hydrogen-bond acceptors (Lipinski definition) is 5. The summed E-state index contributed by atoms with van der Waals surface area (Å²) in [4.78, 5) is 20.4. The van der Waals surface area contributed by atoms with Gasteiger partial charge in [0.05, 0.1) is 12.3 Å². The molecule has 0 saturated carbocycles. The van der Waals surface area contributed by atoms with E-state index in [1.165, 1.54) is 6.33 Å². The second-order valence-corrected chi connectivity index (χ2v) is 6.05. The van der Waals surface area contributed by atoms with Crippen LogP contribution in [0.4, 0.5) is 11.5 Å². The summed E-state index contributed by atoms with van der Waals surface area (Å²) in [5.41, 5.74) is 0.776. The Bertz CT molecular complexity index is 680. The molecule has 23 heavy (non-hydrogen) atoms. The summed E-state index contributed by atoms with van der Waals surface area (Å²) < 4.78 is 5.57. The molecule has 0 aliphatic carbocycles. The molecule has 6 heteroatoms. The third-order valence-corrected chi connectivity index (χ3v) is 2.84. The Kier molecular flexibility index (Phi) is 5.16. The van der Waals surface area contributed by atoms with E-state index < -0.39 is 0 Å². The molecule has 0 radical (unpaired) electrons. The number of carbonyl (C=O) groups excluding carboxylic acids is 1. The number of aromatic nitrogens is 2. The molecule has 1 amide bonds. The van der Waals surface area contributed by atoms with Crippen LogP contribution >= 0.6 is 0 Å². The van der Waals surface area contributed by atoms with Crippen LogP contribution in [0.5, 0.6) is 5.75 Å². The zero-order valence-corrected chi connectivity index (χ0v) is 13.9. The first-order chi connectivity index (χ1) is 10.9. The van der Waals surface area contributed by atoms with Crippen molar-refractivity contribution in [1.82, 2.24) is 15.3 Å². The van der Waals surface area contributed by atoms with E-state index in [2.05, 4.69) is 20.6 Å². The van der Waals surface area contributed by atoms with Crippen LogP contribution < -0.4 is 15.4 Å². The van der Waals surface area contributed by atoms with Crippen molar-refractivity contribution < 1.29 is 9.53 Å². The Morgan fingerprint density at radius 2 is 1.96 bits per heavy atom. The molecule has 122 valence electrons. The van der Waals surface area contributed by atoms with Crippen molar-refractivity contribution in [2.24, 2.45) is 0 Å². The smallest absolute Gasteiger partial charge is 0.270 e. The lowest BCUT2D eigenvalue weighted by Gasteiger charge is -2.20. The number of benzene rings is 1. The lowest BCUT2D eigenvalue weighted by molar-refractivity contribution is 0.0914. The summed E-state index contributed by atoms with van der Waals surface area (Å²) in [6.07, 6.45) is 1.36. The van der Waals surface area contributed by atoms with Crippen molar-refractivity contribution in [3.8, 4) is 5.75 Å². The molecule has 0 aliphatic heterocycles. The molecular formula is C17H22N4O2. The van der Waals surface area contributed by atoms with E-state index in [0.717, 1.165) is 11.4 Å². The molecule has 0 bridgehead atoms. The van der Waals surface area contributed by atoms with Gasteiger partial charge in [-0.15, -0.1) is 0 Å². The summed E-state index contributed by atoms with van der Waals surface area (Å²) in [6.45, 7) is 8.26. The number of carbonyl (C=O) groups is 1. The summed E-state index contributed by atoms with van der Waals surface area (Å²) in [6, 6.07) is 9.18. The number of hydrogen-bond donors (Lipinski definition) is 2. The van der Waals surface area contributed by atoms with Crippen molar-refractivity contribution in [1.29, 1.82) is 0 Å². The second-order valence-electron chi connectivity index (χ2n) is 6.05. The summed E-state index contributed by atoms with van der Waals surface area (Å²) in [5, 5.41) is 6.04. The average Bonchev–Trinajstić information content (AvgIpc) is 2.48. The van der Waals surface area contributed by atoms with Crippen LogP contribution in [0.25, 0.3) is 0 Å². The van der Waals surface area contributed by atoms with Crippen LogP contribution in [0.2, 0.25) is 0 Å². The number of nitrogens with zero attached hydrogens (tertiary/aromatic N) is 2. The average molecular weight is 314 g/mol. The molecule has 2 N–H and O–H groups in total. The molecule has 1 aromatic heterocycles. The third-order valence-electron chi connectivity index (χ3n) is 2.84. The molecule has 0 unspecified atom stereocenters. The highest BCUT2D eigenvalue weighted by molar-refractivity contribution is 5.93. The fraction of sp³-hybridized carbons (Fsp3) is 0.353. The van der Waals surface area contributed by atoms with Crippen LogP contribution in [0.3, 0.4) is 0 Å². The van der Waals surface area contributed by atoms with Crippen molar-refractivity contribution >= 4 is 17.4 Å². The monoisotopic (exact) mass is 314 g/mol. The summed E-state index contributed by atoms with van der Waals surface area (Å²) >= 11 is 0. The highest BCUT2D eigenvalue weighted by atomic mass is 16.5. The Morgan fingerprint density at radius 1 is 1.22 bits per heavy atom. The lowest BCUT2D eigenvalue weighted by Crippen LogP contribution is -2.40.